The third kappa shape index (κ3) is 4.53. The van der Waals surface area contributed by atoms with Gasteiger partial charge in [0.25, 0.3) is 0 Å². The van der Waals surface area contributed by atoms with Gasteiger partial charge in [0.2, 0.25) is 0 Å². The van der Waals surface area contributed by atoms with Crippen LogP contribution in [0.25, 0.3) is 0 Å². The topological polar surface area (TPSA) is 33.6 Å². The fourth-order valence-electron chi connectivity index (χ4n) is 4.86. The molecule has 1 aliphatic heterocycles. The first-order valence-electron chi connectivity index (χ1n) is 11.3. The molecule has 0 saturated carbocycles. The number of nitrogens with zero attached hydrogens (tertiary/aromatic N) is 1. The Labute approximate surface area is 204 Å². The van der Waals surface area contributed by atoms with Crippen LogP contribution in [0.2, 0.25) is 0 Å². The predicted octanol–water partition coefficient (Wildman–Crippen LogP) is 7.90. The first-order chi connectivity index (χ1) is 16.1. The molecule has 33 heavy (non-hydrogen) atoms. The molecule has 0 unspecified atom stereocenters. The largest absolute Gasteiger partial charge is 0.489 e. The Morgan fingerprint density at radius 1 is 1.12 bits per heavy atom. The highest BCUT2D eigenvalue weighted by Gasteiger charge is 2.37. The lowest BCUT2D eigenvalue weighted by Gasteiger charge is -2.37. The van der Waals surface area contributed by atoms with Crippen molar-refractivity contribution in [3.63, 3.8) is 0 Å². The van der Waals surface area contributed by atoms with Crippen LogP contribution in [0.15, 0.2) is 94.9 Å². The standard InChI is InChI=1S/C29H27BrN2O/c1-3-15-33-28-14-10-22(30)17-21(28)18-31-23-11-8-20(9-12-23)29-25-6-4-5-24(25)26-16-19(2)7-13-27(26)32-29/h3-5,7-14,16-18,24-25,29,32H,1,6,15H2,2H3/t24-,25-,29+/m1/s1. The molecule has 3 atom stereocenters. The molecular weight excluding hydrogens is 472 g/mol. The zero-order chi connectivity index (χ0) is 22.8. The number of allylic oxidation sites excluding steroid dienone is 2. The summed E-state index contributed by atoms with van der Waals surface area (Å²) in [5.41, 5.74) is 7.14. The minimum Gasteiger partial charge on any atom is -0.489 e. The lowest BCUT2D eigenvalue weighted by atomic mass is 9.76. The van der Waals surface area contributed by atoms with Gasteiger partial charge in [0.1, 0.15) is 12.4 Å². The van der Waals surface area contributed by atoms with Crippen LogP contribution >= 0.6 is 15.9 Å². The average molecular weight is 499 g/mol. The third-order valence-corrected chi connectivity index (χ3v) is 6.94. The van der Waals surface area contributed by atoms with Gasteiger partial charge in [-0.05, 0) is 66.8 Å². The maximum Gasteiger partial charge on any atom is 0.128 e. The van der Waals surface area contributed by atoms with E-state index in [1.807, 2.05) is 24.4 Å². The SMILES string of the molecule is C=CCOc1ccc(Br)cc1C=Nc1ccc([C@@H]2Nc3ccc(C)cc3[C@@H]3C=CC[C@H]32)cc1. The van der Waals surface area contributed by atoms with Crippen LogP contribution in [-0.2, 0) is 0 Å². The summed E-state index contributed by atoms with van der Waals surface area (Å²) in [4.78, 5) is 4.70. The van der Waals surface area contributed by atoms with Crippen molar-refractivity contribution < 1.29 is 4.74 Å². The van der Waals surface area contributed by atoms with E-state index >= 15 is 0 Å². The number of nitrogens with one attached hydrogen (secondary N) is 1. The highest BCUT2D eigenvalue weighted by atomic mass is 79.9. The molecule has 0 radical (unpaired) electrons. The van der Waals surface area contributed by atoms with Gasteiger partial charge in [0.05, 0.1) is 11.7 Å². The molecule has 5 rings (SSSR count). The van der Waals surface area contributed by atoms with E-state index in [-0.39, 0.29) is 0 Å². The monoisotopic (exact) mass is 498 g/mol. The molecule has 0 saturated heterocycles. The molecule has 166 valence electrons. The summed E-state index contributed by atoms with van der Waals surface area (Å²) in [6.45, 7) is 6.35. The molecule has 4 heteroatoms. The van der Waals surface area contributed by atoms with Gasteiger partial charge in [-0.1, -0.05) is 70.6 Å². The maximum atomic E-state index is 5.76. The molecule has 0 bridgehead atoms. The zero-order valence-corrected chi connectivity index (χ0v) is 20.3. The van der Waals surface area contributed by atoms with Crippen LogP contribution in [0.4, 0.5) is 11.4 Å². The van der Waals surface area contributed by atoms with Crippen molar-refractivity contribution >= 4 is 33.5 Å². The number of aryl methyl sites for hydroxylation is 1. The number of benzene rings is 3. The van der Waals surface area contributed by atoms with E-state index in [0.717, 1.165) is 27.9 Å². The van der Waals surface area contributed by atoms with Gasteiger partial charge < -0.3 is 10.1 Å². The lowest BCUT2D eigenvalue weighted by Crippen LogP contribution is -2.29. The number of rotatable bonds is 6. The maximum absolute atomic E-state index is 5.76. The third-order valence-electron chi connectivity index (χ3n) is 6.45. The van der Waals surface area contributed by atoms with E-state index in [2.05, 4.69) is 89.4 Å². The second kappa shape index (κ2) is 9.40. The highest BCUT2D eigenvalue weighted by Crippen LogP contribution is 2.50. The van der Waals surface area contributed by atoms with E-state index < -0.39 is 0 Å². The number of fused-ring (bicyclic) bond motifs is 3. The Kier molecular flexibility index (Phi) is 6.19. The average Bonchev–Trinajstić information content (AvgIpc) is 3.32. The normalized spacial score (nSPS) is 20.8. The van der Waals surface area contributed by atoms with E-state index in [1.54, 1.807) is 6.08 Å². The molecule has 0 aromatic heterocycles. The van der Waals surface area contributed by atoms with Crippen molar-refractivity contribution in [3.05, 3.63) is 112 Å². The van der Waals surface area contributed by atoms with E-state index in [0.29, 0.717) is 24.5 Å². The molecule has 0 spiro atoms. The van der Waals surface area contributed by atoms with Gasteiger partial charge in [-0.25, -0.2) is 0 Å². The summed E-state index contributed by atoms with van der Waals surface area (Å²) >= 11 is 3.53. The van der Waals surface area contributed by atoms with Crippen LogP contribution in [0.3, 0.4) is 0 Å². The van der Waals surface area contributed by atoms with Crippen LogP contribution in [0.1, 0.15) is 40.6 Å². The van der Waals surface area contributed by atoms with Gasteiger partial charge in [0.15, 0.2) is 0 Å². The van der Waals surface area contributed by atoms with Crippen LogP contribution < -0.4 is 10.1 Å². The van der Waals surface area contributed by atoms with Crippen molar-refractivity contribution in [2.24, 2.45) is 10.9 Å². The van der Waals surface area contributed by atoms with Gasteiger partial charge in [-0.15, -0.1) is 0 Å². The molecule has 3 aromatic rings. The van der Waals surface area contributed by atoms with E-state index in [1.165, 1.54) is 22.4 Å². The number of aliphatic imine (C=N–C) groups is 1. The summed E-state index contributed by atoms with van der Waals surface area (Å²) in [6.07, 6.45) is 9.42. The Morgan fingerprint density at radius 2 is 1.97 bits per heavy atom. The molecule has 0 amide bonds. The summed E-state index contributed by atoms with van der Waals surface area (Å²) in [6, 6.07) is 21.6. The van der Waals surface area contributed by atoms with E-state index in [9.17, 15) is 0 Å². The minimum atomic E-state index is 0.294. The van der Waals surface area contributed by atoms with E-state index in [4.69, 9.17) is 9.73 Å². The summed E-state index contributed by atoms with van der Waals surface area (Å²) < 4.78 is 6.75. The Bertz CT molecular complexity index is 1230. The van der Waals surface area contributed by atoms with Crippen molar-refractivity contribution in [1.29, 1.82) is 0 Å². The molecular formula is C29H27BrN2O. The summed E-state index contributed by atoms with van der Waals surface area (Å²) in [7, 11) is 0. The van der Waals surface area contributed by atoms with Gasteiger partial charge in [-0.3, -0.25) is 4.99 Å². The lowest BCUT2D eigenvalue weighted by molar-refractivity contribution is 0.362. The van der Waals surface area contributed by atoms with Crippen molar-refractivity contribution in [1.82, 2.24) is 0 Å². The van der Waals surface area contributed by atoms with Crippen LogP contribution in [0.5, 0.6) is 5.75 Å². The predicted molar refractivity (Wildman–Crippen MR) is 141 cm³/mol. The number of anilines is 1. The minimum absolute atomic E-state index is 0.294. The molecule has 1 heterocycles. The number of ether oxygens (including phenoxy) is 1. The number of hydrogen-bond donors (Lipinski definition) is 1. The fourth-order valence-corrected chi connectivity index (χ4v) is 5.23. The zero-order valence-electron chi connectivity index (χ0n) is 18.7. The number of hydrogen-bond acceptors (Lipinski definition) is 3. The Hall–Kier alpha value is -3.11. The molecule has 1 N–H and O–H groups in total. The summed E-state index contributed by atoms with van der Waals surface area (Å²) in [5, 5.41) is 3.81. The fraction of sp³-hybridized carbons (Fsp3) is 0.207. The first-order valence-corrected chi connectivity index (χ1v) is 12.1. The summed E-state index contributed by atoms with van der Waals surface area (Å²) in [5.74, 6) is 1.81. The molecule has 3 aromatic carbocycles. The smallest absolute Gasteiger partial charge is 0.128 e. The van der Waals surface area contributed by atoms with Crippen LogP contribution in [-0.4, -0.2) is 12.8 Å². The van der Waals surface area contributed by atoms with Crippen molar-refractivity contribution in [2.45, 2.75) is 25.3 Å². The van der Waals surface area contributed by atoms with Gasteiger partial charge in [-0.2, -0.15) is 0 Å². The molecule has 0 fully saturated rings. The number of halogens is 1. The second-order valence-corrected chi connectivity index (χ2v) is 9.61. The Morgan fingerprint density at radius 3 is 2.79 bits per heavy atom. The Balaban J connectivity index is 1.37. The molecule has 2 aliphatic rings. The second-order valence-electron chi connectivity index (χ2n) is 8.70. The quantitative estimate of drug-likeness (QED) is 0.276. The van der Waals surface area contributed by atoms with Crippen molar-refractivity contribution in [3.8, 4) is 5.75 Å². The van der Waals surface area contributed by atoms with Gasteiger partial charge >= 0.3 is 0 Å². The van der Waals surface area contributed by atoms with Crippen LogP contribution in [0, 0.1) is 12.8 Å². The van der Waals surface area contributed by atoms with Gasteiger partial charge in [0, 0.05) is 27.9 Å². The van der Waals surface area contributed by atoms with Crippen molar-refractivity contribution in [2.75, 3.05) is 11.9 Å². The first kappa shape index (κ1) is 21.7. The molecule has 3 nitrogen and oxygen atoms in total. The highest BCUT2D eigenvalue weighted by molar-refractivity contribution is 9.10. The molecule has 1 aliphatic carbocycles.